The first kappa shape index (κ1) is 13.5. The average molecular weight is 260 g/mol. The van der Waals surface area contributed by atoms with E-state index in [0.29, 0.717) is 19.5 Å². The highest BCUT2D eigenvalue weighted by Gasteiger charge is 2.09. The lowest BCUT2D eigenvalue weighted by Gasteiger charge is -2.17. The molecule has 2 aromatic rings. The average Bonchev–Trinajstić information content (AvgIpc) is 2.77. The maximum atomic E-state index is 11.8. The third-order valence-corrected chi connectivity index (χ3v) is 3.22. The first-order valence-electron chi connectivity index (χ1n) is 6.40. The Morgan fingerprint density at radius 2 is 2.26 bits per heavy atom. The molecule has 1 aromatic heterocycles. The van der Waals surface area contributed by atoms with Crippen LogP contribution in [0.4, 0.5) is 0 Å². The number of fused-ring (bicyclic) bond motifs is 1. The summed E-state index contributed by atoms with van der Waals surface area (Å²) in [6.45, 7) is 1.33. The van der Waals surface area contributed by atoms with E-state index in [1.54, 1.807) is 11.2 Å². The van der Waals surface area contributed by atoms with E-state index < -0.39 is 0 Å². The molecule has 0 unspecified atom stereocenters. The van der Waals surface area contributed by atoms with Gasteiger partial charge >= 0.3 is 0 Å². The molecular formula is C14H20N4O. The van der Waals surface area contributed by atoms with Crippen LogP contribution in [0.1, 0.15) is 12.0 Å². The molecule has 0 bridgehead atoms. The predicted molar refractivity (Wildman–Crippen MR) is 75.7 cm³/mol. The summed E-state index contributed by atoms with van der Waals surface area (Å²) in [4.78, 5) is 17.9. The summed E-state index contributed by atoms with van der Waals surface area (Å²) in [5.41, 5.74) is 3.18. The van der Waals surface area contributed by atoms with Crippen LogP contribution in [-0.2, 0) is 18.4 Å². The lowest BCUT2D eigenvalue weighted by atomic mass is 10.2. The Hall–Kier alpha value is -1.88. The summed E-state index contributed by atoms with van der Waals surface area (Å²) in [7, 11) is 5.66. The molecule has 0 atom stereocenters. The van der Waals surface area contributed by atoms with Gasteiger partial charge in [0.2, 0.25) is 5.91 Å². The smallest absolute Gasteiger partial charge is 0.223 e. The topological polar surface area (TPSA) is 50.2 Å². The van der Waals surface area contributed by atoms with E-state index in [1.165, 1.54) is 0 Å². The number of nitrogens with zero attached hydrogens (tertiary/aromatic N) is 3. The summed E-state index contributed by atoms with van der Waals surface area (Å²) >= 11 is 0. The molecule has 0 spiro atoms. The van der Waals surface area contributed by atoms with Gasteiger partial charge in [0.05, 0.1) is 17.4 Å². The first-order chi connectivity index (χ1) is 9.11. The summed E-state index contributed by atoms with van der Waals surface area (Å²) < 4.78 is 1.99. The van der Waals surface area contributed by atoms with Crippen molar-refractivity contribution in [3.8, 4) is 0 Å². The van der Waals surface area contributed by atoms with Gasteiger partial charge in [-0.15, -0.1) is 0 Å². The van der Waals surface area contributed by atoms with Crippen LogP contribution in [-0.4, -0.2) is 41.0 Å². The highest BCUT2D eigenvalue weighted by atomic mass is 16.2. The molecule has 0 aliphatic heterocycles. The van der Waals surface area contributed by atoms with Crippen LogP contribution in [0.15, 0.2) is 24.5 Å². The summed E-state index contributed by atoms with van der Waals surface area (Å²) in [6, 6.07) is 6.13. The van der Waals surface area contributed by atoms with Crippen molar-refractivity contribution < 1.29 is 4.79 Å². The van der Waals surface area contributed by atoms with Crippen LogP contribution in [0.2, 0.25) is 0 Å². The van der Waals surface area contributed by atoms with Crippen molar-refractivity contribution in [2.45, 2.75) is 13.0 Å². The van der Waals surface area contributed by atoms with E-state index in [9.17, 15) is 4.79 Å². The Bertz CT molecular complexity index is 576. The molecule has 1 N–H and O–H groups in total. The molecule has 102 valence electrons. The first-order valence-corrected chi connectivity index (χ1v) is 6.40. The monoisotopic (exact) mass is 260 g/mol. The summed E-state index contributed by atoms with van der Waals surface area (Å²) in [6.07, 6.45) is 2.33. The maximum absolute atomic E-state index is 11.8. The Morgan fingerprint density at radius 1 is 1.47 bits per heavy atom. The van der Waals surface area contributed by atoms with Crippen LogP contribution < -0.4 is 5.32 Å². The third-order valence-electron chi connectivity index (χ3n) is 3.22. The molecule has 1 amide bonds. The van der Waals surface area contributed by atoms with Crippen molar-refractivity contribution in [2.75, 3.05) is 20.6 Å². The van der Waals surface area contributed by atoms with Gasteiger partial charge in [0.1, 0.15) is 0 Å². The van der Waals surface area contributed by atoms with Crippen molar-refractivity contribution in [3.63, 3.8) is 0 Å². The van der Waals surface area contributed by atoms with Crippen LogP contribution in [0.3, 0.4) is 0 Å². The molecule has 2 rings (SSSR count). The predicted octanol–water partition coefficient (Wildman–Crippen LogP) is 1.14. The molecule has 0 radical (unpaired) electrons. The van der Waals surface area contributed by atoms with E-state index in [4.69, 9.17) is 0 Å². The number of carbonyl (C=O) groups excluding carboxylic acids is 1. The van der Waals surface area contributed by atoms with Gasteiger partial charge in [-0.2, -0.15) is 0 Å². The molecule has 1 heterocycles. The second-order valence-corrected chi connectivity index (χ2v) is 4.78. The van der Waals surface area contributed by atoms with Gasteiger partial charge in [-0.1, -0.05) is 6.07 Å². The van der Waals surface area contributed by atoms with Gasteiger partial charge in [0.15, 0.2) is 0 Å². The second kappa shape index (κ2) is 5.84. The zero-order chi connectivity index (χ0) is 13.8. The largest absolute Gasteiger partial charge is 0.341 e. The Labute approximate surface area is 113 Å². The van der Waals surface area contributed by atoms with Crippen molar-refractivity contribution in [1.29, 1.82) is 0 Å². The minimum Gasteiger partial charge on any atom is -0.341 e. The van der Waals surface area contributed by atoms with E-state index in [-0.39, 0.29) is 5.91 Å². The highest BCUT2D eigenvalue weighted by Crippen LogP contribution is 2.15. The van der Waals surface area contributed by atoms with E-state index in [0.717, 1.165) is 16.6 Å². The van der Waals surface area contributed by atoms with Crippen LogP contribution in [0, 0.1) is 0 Å². The number of rotatable bonds is 5. The van der Waals surface area contributed by atoms with Gasteiger partial charge in [0, 0.05) is 33.6 Å². The number of imidazole rings is 1. The van der Waals surface area contributed by atoms with Crippen LogP contribution in [0.25, 0.3) is 11.0 Å². The molecule has 0 aliphatic rings. The molecule has 0 saturated heterocycles. The van der Waals surface area contributed by atoms with Crippen molar-refractivity contribution in [1.82, 2.24) is 19.8 Å². The highest BCUT2D eigenvalue weighted by molar-refractivity contribution is 5.77. The van der Waals surface area contributed by atoms with Gasteiger partial charge < -0.3 is 14.8 Å². The number of nitrogens with one attached hydrogen (secondary N) is 1. The van der Waals surface area contributed by atoms with E-state index >= 15 is 0 Å². The fourth-order valence-electron chi connectivity index (χ4n) is 2.06. The van der Waals surface area contributed by atoms with Gasteiger partial charge in [0.25, 0.3) is 0 Å². The number of benzene rings is 1. The summed E-state index contributed by atoms with van der Waals surface area (Å²) in [5, 5.41) is 2.98. The van der Waals surface area contributed by atoms with Crippen LogP contribution >= 0.6 is 0 Å². The zero-order valence-corrected chi connectivity index (χ0v) is 11.7. The number of amides is 1. The molecule has 0 saturated carbocycles. The third kappa shape index (κ3) is 3.12. The minimum absolute atomic E-state index is 0.149. The fourth-order valence-corrected chi connectivity index (χ4v) is 2.06. The Balaban J connectivity index is 2.06. The SMILES string of the molecule is CNCCC(=O)N(C)Cc1ccc2c(c1)ncn2C. The normalized spacial score (nSPS) is 10.9. The number of hydrogen-bond donors (Lipinski definition) is 1. The fraction of sp³-hybridized carbons (Fsp3) is 0.429. The second-order valence-electron chi connectivity index (χ2n) is 4.78. The van der Waals surface area contributed by atoms with Gasteiger partial charge in [-0.25, -0.2) is 4.98 Å². The lowest BCUT2D eigenvalue weighted by Crippen LogP contribution is -2.28. The molecule has 0 aliphatic carbocycles. The quantitative estimate of drug-likeness (QED) is 0.877. The number of aryl methyl sites for hydroxylation is 1. The molecule has 5 nitrogen and oxygen atoms in total. The minimum atomic E-state index is 0.149. The number of aromatic nitrogens is 2. The van der Waals surface area contributed by atoms with Gasteiger partial charge in [-0.05, 0) is 24.7 Å². The number of carbonyl (C=O) groups is 1. The number of hydrogen-bond acceptors (Lipinski definition) is 3. The Kier molecular flexibility index (Phi) is 4.16. The molecule has 1 aromatic carbocycles. The molecule has 5 heteroatoms. The van der Waals surface area contributed by atoms with E-state index in [2.05, 4.69) is 10.3 Å². The standard InChI is InChI=1S/C14H20N4O/c1-15-7-6-14(19)17(2)9-11-4-5-13-12(8-11)16-10-18(13)3/h4-5,8,10,15H,6-7,9H2,1-3H3. The van der Waals surface area contributed by atoms with Crippen LogP contribution in [0.5, 0.6) is 0 Å². The lowest BCUT2D eigenvalue weighted by molar-refractivity contribution is -0.130. The molecule has 19 heavy (non-hydrogen) atoms. The van der Waals surface area contributed by atoms with Gasteiger partial charge in [-0.3, -0.25) is 4.79 Å². The van der Waals surface area contributed by atoms with Crippen molar-refractivity contribution in [3.05, 3.63) is 30.1 Å². The maximum Gasteiger partial charge on any atom is 0.223 e. The zero-order valence-electron chi connectivity index (χ0n) is 11.7. The molecular weight excluding hydrogens is 240 g/mol. The van der Waals surface area contributed by atoms with Crippen molar-refractivity contribution >= 4 is 16.9 Å². The van der Waals surface area contributed by atoms with E-state index in [1.807, 2.05) is 43.9 Å². The molecule has 0 fully saturated rings. The van der Waals surface area contributed by atoms with Crippen molar-refractivity contribution in [2.24, 2.45) is 7.05 Å². The summed E-state index contributed by atoms with van der Waals surface area (Å²) in [5.74, 6) is 0.149. The Morgan fingerprint density at radius 3 is 3.00 bits per heavy atom.